The van der Waals surface area contributed by atoms with Gasteiger partial charge in [-0.2, -0.15) is 0 Å². The molecule has 0 heterocycles. The SMILES string of the molecule is Cc1cc(C)c(C(=O)COC(=O)c2ccccc2SCC(=O)N(C)C)c(C)c1. The van der Waals surface area contributed by atoms with Gasteiger partial charge in [-0.15, -0.1) is 11.8 Å². The summed E-state index contributed by atoms with van der Waals surface area (Å²) in [7, 11) is 3.37. The van der Waals surface area contributed by atoms with Crippen molar-refractivity contribution in [2.24, 2.45) is 0 Å². The predicted octanol–water partition coefficient (Wildman–Crippen LogP) is 3.83. The van der Waals surface area contributed by atoms with Crippen molar-refractivity contribution >= 4 is 29.4 Å². The summed E-state index contributed by atoms with van der Waals surface area (Å²) >= 11 is 1.27. The number of hydrogen-bond acceptors (Lipinski definition) is 5. The highest BCUT2D eigenvalue weighted by molar-refractivity contribution is 8.00. The quantitative estimate of drug-likeness (QED) is 0.402. The minimum atomic E-state index is -0.573. The van der Waals surface area contributed by atoms with Gasteiger partial charge in [-0.3, -0.25) is 9.59 Å². The van der Waals surface area contributed by atoms with Crippen molar-refractivity contribution < 1.29 is 19.1 Å². The van der Waals surface area contributed by atoms with Gasteiger partial charge in [0.2, 0.25) is 11.7 Å². The number of benzene rings is 2. The molecule has 6 heteroatoms. The monoisotopic (exact) mass is 399 g/mol. The average molecular weight is 400 g/mol. The molecule has 0 aliphatic heterocycles. The van der Waals surface area contributed by atoms with E-state index in [1.165, 1.54) is 16.7 Å². The number of nitrogens with zero attached hydrogens (tertiary/aromatic N) is 1. The van der Waals surface area contributed by atoms with Crippen LogP contribution in [0, 0.1) is 20.8 Å². The van der Waals surface area contributed by atoms with Gasteiger partial charge in [-0.1, -0.05) is 29.8 Å². The fourth-order valence-corrected chi connectivity index (χ4v) is 3.95. The number of ether oxygens (including phenoxy) is 1. The Morgan fingerprint density at radius 3 is 2.21 bits per heavy atom. The maximum atomic E-state index is 12.6. The molecule has 148 valence electrons. The summed E-state index contributed by atoms with van der Waals surface area (Å²) < 4.78 is 5.28. The lowest BCUT2D eigenvalue weighted by Crippen LogP contribution is -2.23. The third kappa shape index (κ3) is 5.45. The van der Waals surface area contributed by atoms with Crippen LogP contribution in [0.3, 0.4) is 0 Å². The van der Waals surface area contributed by atoms with E-state index in [-0.39, 0.29) is 24.1 Å². The molecule has 2 rings (SSSR count). The van der Waals surface area contributed by atoms with E-state index < -0.39 is 5.97 Å². The topological polar surface area (TPSA) is 63.7 Å². The summed E-state index contributed by atoms with van der Waals surface area (Å²) in [5.41, 5.74) is 3.78. The van der Waals surface area contributed by atoms with Crippen LogP contribution in [0.2, 0.25) is 0 Å². The molecule has 0 saturated heterocycles. The number of amides is 1. The second-order valence-corrected chi connectivity index (χ2v) is 7.86. The summed E-state index contributed by atoms with van der Waals surface area (Å²) in [5, 5.41) is 0. The van der Waals surface area contributed by atoms with Crippen molar-refractivity contribution in [1.82, 2.24) is 4.90 Å². The highest BCUT2D eigenvalue weighted by Gasteiger charge is 2.18. The Bertz CT molecular complexity index is 882. The second-order valence-electron chi connectivity index (χ2n) is 6.85. The van der Waals surface area contributed by atoms with Crippen LogP contribution in [-0.2, 0) is 9.53 Å². The smallest absolute Gasteiger partial charge is 0.339 e. The molecule has 0 spiro atoms. The molecule has 0 aliphatic rings. The minimum Gasteiger partial charge on any atom is -0.454 e. The van der Waals surface area contributed by atoms with Gasteiger partial charge in [0.05, 0.1) is 11.3 Å². The molecule has 0 N–H and O–H groups in total. The molecule has 1 amide bonds. The summed E-state index contributed by atoms with van der Waals surface area (Å²) in [6, 6.07) is 10.8. The van der Waals surface area contributed by atoms with E-state index in [0.717, 1.165) is 16.7 Å². The number of esters is 1. The van der Waals surface area contributed by atoms with Crippen LogP contribution >= 0.6 is 11.8 Å². The Kier molecular flexibility index (Phi) is 7.40. The van der Waals surface area contributed by atoms with E-state index >= 15 is 0 Å². The van der Waals surface area contributed by atoms with Gasteiger partial charge in [0.25, 0.3) is 0 Å². The van der Waals surface area contributed by atoms with Crippen molar-refractivity contribution in [3.8, 4) is 0 Å². The Balaban J connectivity index is 2.08. The third-order valence-corrected chi connectivity index (χ3v) is 5.31. The molecule has 28 heavy (non-hydrogen) atoms. The molecule has 0 aliphatic carbocycles. The van der Waals surface area contributed by atoms with E-state index in [1.54, 1.807) is 38.4 Å². The summed E-state index contributed by atoms with van der Waals surface area (Å²) in [5.74, 6) is -0.626. The molecule has 0 fully saturated rings. The van der Waals surface area contributed by atoms with E-state index in [9.17, 15) is 14.4 Å². The lowest BCUT2D eigenvalue weighted by molar-refractivity contribution is -0.125. The lowest BCUT2D eigenvalue weighted by Gasteiger charge is -2.13. The maximum Gasteiger partial charge on any atom is 0.339 e. The second kappa shape index (κ2) is 9.55. The molecule has 2 aromatic rings. The van der Waals surface area contributed by atoms with Crippen molar-refractivity contribution in [3.63, 3.8) is 0 Å². The molecule has 0 saturated carbocycles. The number of hydrogen-bond donors (Lipinski definition) is 0. The fourth-order valence-electron chi connectivity index (χ4n) is 2.93. The molecule has 5 nitrogen and oxygen atoms in total. The van der Waals surface area contributed by atoms with Crippen molar-refractivity contribution in [2.45, 2.75) is 25.7 Å². The van der Waals surface area contributed by atoms with Crippen LogP contribution in [0.5, 0.6) is 0 Å². The van der Waals surface area contributed by atoms with Crippen molar-refractivity contribution in [3.05, 3.63) is 64.2 Å². The Hall–Kier alpha value is -2.60. The van der Waals surface area contributed by atoms with Gasteiger partial charge in [0, 0.05) is 24.6 Å². The number of aryl methyl sites for hydroxylation is 3. The molecular formula is C22H25NO4S. The molecule has 0 bridgehead atoms. The number of Topliss-reactive ketones (excluding diaryl/α,β-unsaturated/α-hetero) is 1. The molecule has 0 radical (unpaired) electrons. The first-order chi connectivity index (χ1) is 13.2. The molecule has 0 atom stereocenters. The first-order valence-corrected chi connectivity index (χ1v) is 9.89. The van der Waals surface area contributed by atoms with E-state index in [0.29, 0.717) is 16.0 Å². The fraction of sp³-hybridized carbons (Fsp3) is 0.318. The van der Waals surface area contributed by atoms with Gasteiger partial charge in [-0.05, 0) is 44.0 Å². The lowest BCUT2D eigenvalue weighted by atomic mass is 9.97. The van der Waals surface area contributed by atoms with Crippen LogP contribution in [0.15, 0.2) is 41.3 Å². The van der Waals surface area contributed by atoms with E-state index in [4.69, 9.17) is 4.74 Å². The normalized spacial score (nSPS) is 10.5. The summed E-state index contributed by atoms with van der Waals surface area (Å²) in [4.78, 5) is 39.0. The Morgan fingerprint density at radius 1 is 1.00 bits per heavy atom. The minimum absolute atomic E-state index is 0.0475. The Morgan fingerprint density at radius 2 is 1.61 bits per heavy atom. The number of rotatable bonds is 7. The zero-order chi connectivity index (χ0) is 20.8. The summed E-state index contributed by atoms with van der Waals surface area (Å²) in [6.07, 6.45) is 0. The first kappa shape index (κ1) is 21.7. The highest BCUT2D eigenvalue weighted by atomic mass is 32.2. The predicted molar refractivity (Wildman–Crippen MR) is 111 cm³/mol. The van der Waals surface area contributed by atoms with Crippen LogP contribution in [0.25, 0.3) is 0 Å². The molecular weight excluding hydrogens is 374 g/mol. The van der Waals surface area contributed by atoms with Gasteiger partial charge >= 0.3 is 5.97 Å². The maximum absolute atomic E-state index is 12.6. The average Bonchev–Trinajstić information content (AvgIpc) is 2.63. The zero-order valence-electron chi connectivity index (χ0n) is 16.9. The van der Waals surface area contributed by atoms with Crippen LogP contribution in [-0.4, -0.2) is 49.0 Å². The molecule has 0 unspecified atom stereocenters. The number of carbonyl (C=O) groups is 3. The van der Waals surface area contributed by atoms with Gasteiger partial charge in [0.15, 0.2) is 6.61 Å². The summed E-state index contributed by atoms with van der Waals surface area (Å²) in [6.45, 7) is 5.41. The van der Waals surface area contributed by atoms with E-state index in [2.05, 4.69) is 0 Å². The Labute approximate surface area is 170 Å². The van der Waals surface area contributed by atoms with Gasteiger partial charge in [0.1, 0.15) is 0 Å². The number of carbonyl (C=O) groups excluding carboxylic acids is 3. The van der Waals surface area contributed by atoms with Crippen molar-refractivity contribution in [2.75, 3.05) is 26.5 Å². The number of thioether (sulfide) groups is 1. The molecule has 0 aromatic heterocycles. The first-order valence-electron chi connectivity index (χ1n) is 8.91. The van der Waals surface area contributed by atoms with Crippen LogP contribution < -0.4 is 0 Å². The largest absolute Gasteiger partial charge is 0.454 e. The van der Waals surface area contributed by atoms with Crippen LogP contribution in [0.1, 0.15) is 37.4 Å². The standard InChI is InChI=1S/C22H25NO4S/c1-14-10-15(2)21(16(3)11-14)18(24)12-27-22(26)17-8-6-7-9-19(17)28-13-20(25)23(4)5/h6-11H,12-13H2,1-5H3. The number of ketones is 1. The van der Waals surface area contributed by atoms with Gasteiger partial charge < -0.3 is 9.64 Å². The highest BCUT2D eigenvalue weighted by Crippen LogP contribution is 2.24. The molecule has 2 aromatic carbocycles. The van der Waals surface area contributed by atoms with Crippen molar-refractivity contribution in [1.29, 1.82) is 0 Å². The van der Waals surface area contributed by atoms with Gasteiger partial charge in [-0.25, -0.2) is 4.79 Å². The third-order valence-electron chi connectivity index (χ3n) is 4.25. The zero-order valence-corrected chi connectivity index (χ0v) is 17.7. The van der Waals surface area contributed by atoms with Crippen LogP contribution in [0.4, 0.5) is 0 Å². The van der Waals surface area contributed by atoms with E-state index in [1.807, 2.05) is 32.9 Å².